The van der Waals surface area contributed by atoms with Crippen molar-refractivity contribution in [3.8, 4) is 5.75 Å². The fourth-order valence-electron chi connectivity index (χ4n) is 1.29. The van der Waals surface area contributed by atoms with Crippen molar-refractivity contribution in [3.63, 3.8) is 0 Å². The first kappa shape index (κ1) is 9.21. The Kier molecular flexibility index (Phi) is 2.25. The zero-order valence-corrected chi connectivity index (χ0v) is 8.96. The molecule has 0 aliphatic carbocycles. The van der Waals surface area contributed by atoms with E-state index in [2.05, 4.69) is 26.1 Å². The Labute approximate surface area is 88.0 Å². The van der Waals surface area contributed by atoms with Gasteiger partial charge in [-0.25, -0.2) is 0 Å². The van der Waals surface area contributed by atoms with Crippen LogP contribution < -0.4 is 10.2 Å². The van der Waals surface area contributed by atoms with Gasteiger partial charge in [-0.3, -0.25) is 9.89 Å². The molecule has 0 spiro atoms. The number of aromatic nitrogens is 2. The second-order valence-electron chi connectivity index (χ2n) is 2.73. The van der Waals surface area contributed by atoms with Crippen LogP contribution in [-0.4, -0.2) is 17.3 Å². The second kappa shape index (κ2) is 3.42. The summed E-state index contributed by atoms with van der Waals surface area (Å²) in [5, 5.41) is 7.07. The van der Waals surface area contributed by atoms with Gasteiger partial charge in [0.05, 0.1) is 18.0 Å². The number of benzene rings is 1. The molecule has 0 saturated carbocycles. The van der Waals surface area contributed by atoms with Gasteiger partial charge in [-0.05, 0) is 28.1 Å². The van der Waals surface area contributed by atoms with Crippen LogP contribution in [0.15, 0.2) is 27.6 Å². The molecule has 4 nitrogen and oxygen atoms in total. The lowest BCUT2D eigenvalue weighted by Crippen LogP contribution is -2.07. The van der Waals surface area contributed by atoms with E-state index >= 15 is 0 Å². The molecule has 72 valence electrons. The molecule has 0 bridgehead atoms. The normalized spacial score (nSPS) is 10.4. The molecule has 2 rings (SSSR count). The lowest BCUT2D eigenvalue weighted by Gasteiger charge is -2.03. The number of nitrogens with one attached hydrogen (secondary N) is 1. The predicted molar refractivity (Wildman–Crippen MR) is 56.6 cm³/mol. The molecule has 1 heterocycles. The van der Waals surface area contributed by atoms with Gasteiger partial charge in [-0.2, -0.15) is 5.10 Å². The number of methoxy groups -OCH3 is 1. The van der Waals surface area contributed by atoms with Crippen molar-refractivity contribution in [1.82, 2.24) is 10.2 Å². The molecule has 1 aromatic heterocycles. The topological polar surface area (TPSA) is 55.0 Å². The summed E-state index contributed by atoms with van der Waals surface area (Å²) in [7, 11) is 1.53. The Bertz CT molecular complexity index is 536. The van der Waals surface area contributed by atoms with Gasteiger partial charge in [0, 0.05) is 0 Å². The molecule has 5 heteroatoms. The summed E-state index contributed by atoms with van der Waals surface area (Å²) in [6.07, 6.45) is 0. The van der Waals surface area contributed by atoms with Crippen LogP contribution in [0.3, 0.4) is 0 Å². The second-order valence-corrected chi connectivity index (χ2v) is 3.48. The molecule has 0 amide bonds. The molecule has 0 atom stereocenters. The monoisotopic (exact) mass is 254 g/mol. The fourth-order valence-corrected chi connectivity index (χ4v) is 1.58. The van der Waals surface area contributed by atoms with Gasteiger partial charge < -0.3 is 4.74 Å². The summed E-state index contributed by atoms with van der Waals surface area (Å²) in [5.41, 5.74) is 0.494. The Balaban J connectivity index is 2.97. The molecule has 14 heavy (non-hydrogen) atoms. The number of fused-ring (bicyclic) bond motifs is 1. The Morgan fingerprint density at radius 3 is 3.00 bits per heavy atom. The van der Waals surface area contributed by atoms with Crippen LogP contribution in [0.1, 0.15) is 0 Å². The molecular formula is C9H7BrN2O2. The van der Waals surface area contributed by atoms with Crippen molar-refractivity contribution in [1.29, 1.82) is 0 Å². The predicted octanol–water partition coefficient (Wildman–Crippen LogP) is 1.69. The Hall–Kier alpha value is -1.36. The highest BCUT2D eigenvalue weighted by Gasteiger charge is 2.08. The first-order chi connectivity index (χ1) is 6.74. The van der Waals surface area contributed by atoms with Crippen molar-refractivity contribution in [2.45, 2.75) is 0 Å². The van der Waals surface area contributed by atoms with Gasteiger partial charge in [-0.1, -0.05) is 6.07 Å². The molecule has 0 aliphatic heterocycles. The van der Waals surface area contributed by atoms with Crippen molar-refractivity contribution in [3.05, 3.63) is 33.0 Å². The van der Waals surface area contributed by atoms with Gasteiger partial charge >= 0.3 is 0 Å². The minimum atomic E-state index is -0.170. The number of hydrogen-bond acceptors (Lipinski definition) is 3. The van der Waals surface area contributed by atoms with Crippen molar-refractivity contribution in [2.24, 2.45) is 0 Å². The summed E-state index contributed by atoms with van der Waals surface area (Å²) < 4.78 is 5.35. The van der Waals surface area contributed by atoms with Crippen LogP contribution in [0.5, 0.6) is 5.75 Å². The minimum Gasteiger partial charge on any atom is -0.496 e. The number of nitrogens with zero attached hydrogens (tertiary/aromatic N) is 1. The van der Waals surface area contributed by atoms with E-state index in [1.54, 1.807) is 18.2 Å². The van der Waals surface area contributed by atoms with Gasteiger partial charge in [0.2, 0.25) is 5.43 Å². The number of ether oxygens (including phenoxy) is 1. The van der Waals surface area contributed by atoms with E-state index in [1.165, 1.54) is 7.11 Å². The van der Waals surface area contributed by atoms with Crippen LogP contribution in [-0.2, 0) is 0 Å². The zero-order valence-electron chi connectivity index (χ0n) is 7.37. The summed E-state index contributed by atoms with van der Waals surface area (Å²) in [6, 6.07) is 5.31. The Morgan fingerprint density at radius 2 is 2.29 bits per heavy atom. The van der Waals surface area contributed by atoms with E-state index < -0.39 is 0 Å². The summed E-state index contributed by atoms with van der Waals surface area (Å²) >= 11 is 3.07. The maximum absolute atomic E-state index is 11.7. The standard InChI is InChI=1S/C9H7BrN2O2/c1-14-6-4-2-3-5-7(6)8(13)9(10)12-11-5/h2-4H,1H3,(H,11,13). The smallest absolute Gasteiger partial charge is 0.226 e. The van der Waals surface area contributed by atoms with E-state index in [9.17, 15) is 4.79 Å². The van der Waals surface area contributed by atoms with Gasteiger partial charge in [0.1, 0.15) is 5.75 Å². The van der Waals surface area contributed by atoms with Gasteiger partial charge in [0.25, 0.3) is 0 Å². The molecule has 0 fully saturated rings. The molecule has 0 unspecified atom stereocenters. The zero-order chi connectivity index (χ0) is 10.1. The average Bonchev–Trinajstić information content (AvgIpc) is 2.23. The molecule has 1 N–H and O–H groups in total. The fraction of sp³-hybridized carbons (Fsp3) is 0.111. The van der Waals surface area contributed by atoms with Crippen LogP contribution >= 0.6 is 15.9 Å². The number of H-pyrrole nitrogens is 1. The lowest BCUT2D eigenvalue weighted by molar-refractivity contribution is 0.419. The molecule has 2 aromatic rings. The molecule has 0 radical (unpaired) electrons. The van der Waals surface area contributed by atoms with Crippen LogP contribution in [0, 0.1) is 0 Å². The maximum Gasteiger partial charge on any atom is 0.226 e. The SMILES string of the molecule is COc1cccc2[nH]nc(Br)c(=O)c12. The summed E-state index contributed by atoms with van der Waals surface area (Å²) in [5.74, 6) is 0.548. The molecule has 0 saturated heterocycles. The number of hydrogen-bond donors (Lipinski definition) is 1. The highest BCUT2D eigenvalue weighted by molar-refractivity contribution is 9.10. The average molecular weight is 255 g/mol. The maximum atomic E-state index is 11.7. The van der Waals surface area contributed by atoms with Crippen molar-refractivity contribution < 1.29 is 4.74 Å². The quantitative estimate of drug-likeness (QED) is 0.843. The highest BCUT2D eigenvalue weighted by atomic mass is 79.9. The van der Waals surface area contributed by atoms with Gasteiger partial charge in [-0.15, -0.1) is 0 Å². The van der Waals surface area contributed by atoms with Crippen molar-refractivity contribution >= 4 is 26.8 Å². The third-order valence-electron chi connectivity index (χ3n) is 1.94. The molecule has 0 aliphatic rings. The number of halogens is 1. The summed E-state index contributed by atoms with van der Waals surface area (Å²) in [6.45, 7) is 0. The van der Waals surface area contributed by atoms with E-state index in [-0.39, 0.29) is 10.0 Å². The van der Waals surface area contributed by atoms with E-state index in [0.29, 0.717) is 16.7 Å². The van der Waals surface area contributed by atoms with Gasteiger partial charge in [0.15, 0.2) is 4.60 Å². The third-order valence-corrected chi connectivity index (χ3v) is 2.47. The van der Waals surface area contributed by atoms with Crippen LogP contribution in [0.25, 0.3) is 10.9 Å². The molecule has 1 aromatic carbocycles. The van der Waals surface area contributed by atoms with E-state index in [0.717, 1.165) is 0 Å². The summed E-state index contributed by atoms with van der Waals surface area (Å²) in [4.78, 5) is 11.7. The first-order valence-electron chi connectivity index (χ1n) is 3.95. The molecular weight excluding hydrogens is 248 g/mol. The third kappa shape index (κ3) is 1.29. The minimum absolute atomic E-state index is 0.170. The first-order valence-corrected chi connectivity index (χ1v) is 4.74. The number of aromatic amines is 1. The largest absolute Gasteiger partial charge is 0.496 e. The lowest BCUT2D eigenvalue weighted by atomic mass is 10.2. The van der Waals surface area contributed by atoms with Crippen molar-refractivity contribution in [2.75, 3.05) is 7.11 Å². The number of rotatable bonds is 1. The highest BCUT2D eigenvalue weighted by Crippen LogP contribution is 2.20. The van der Waals surface area contributed by atoms with E-state index in [4.69, 9.17) is 4.74 Å². The Morgan fingerprint density at radius 1 is 1.50 bits per heavy atom. The van der Waals surface area contributed by atoms with Crippen LogP contribution in [0.4, 0.5) is 0 Å². The van der Waals surface area contributed by atoms with Crippen LogP contribution in [0.2, 0.25) is 0 Å². The van der Waals surface area contributed by atoms with E-state index in [1.807, 2.05) is 0 Å².